The highest BCUT2D eigenvalue weighted by atomic mass is 16.4. The predicted molar refractivity (Wildman–Crippen MR) is 67.3 cm³/mol. The molecule has 0 atom stereocenters. The second-order valence-electron chi connectivity index (χ2n) is 5.65. The normalized spacial score (nSPS) is 22.3. The largest absolute Gasteiger partial charge is 0.481 e. The van der Waals surface area contributed by atoms with E-state index in [9.17, 15) is 14.7 Å². The van der Waals surface area contributed by atoms with Crippen LogP contribution in [0.5, 0.6) is 0 Å². The fraction of sp³-hybridized carbons (Fsp3) is 0.846. The minimum absolute atomic E-state index is 0.135. The van der Waals surface area contributed by atoms with Gasteiger partial charge in [-0.1, -0.05) is 19.3 Å². The van der Waals surface area contributed by atoms with Gasteiger partial charge in [-0.15, -0.1) is 0 Å². The van der Waals surface area contributed by atoms with E-state index in [-0.39, 0.29) is 12.6 Å². The molecule has 0 heterocycles. The lowest BCUT2D eigenvalue weighted by Gasteiger charge is -2.33. The second kappa shape index (κ2) is 5.16. The maximum absolute atomic E-state index is 11.9. The van der Waals surface area contributed by atoms with Gasteiger partial charge >= 0.3 is 12.0 Å². The summed E-state index contributed by atoms with van der Waals surface area (Å²) in [5, 5.41) is 12.2. The Hall–Kier alpha value is -1.26. The molecule has 0 aliphatic heterocycles. The number of nitrogens with zero attached hydrogens (tertiary/aromatic N) is 1. The van der Waals surface area contributed by atoms with E-state index in [4.69, 9.17) is 0 Å². The van der Waals surface area contributed by atoms with Crippen molar-refractivity contribution < 1.29 is 14.7 Å². The summed E-state index contributed by atoms with van der Waals surface area (Å²) >= 11 is 0. The monoisotopic (exact) mass is 254 g/mol. The molecule has 2 rings (SSSR count). The zero-order valence-corrected chi connectivity index (χ0v) is 10.9. The number of nitrogens with one attached hydrogen (secondary N) is 1. The lowest BCUT2D eigenvalue weighted by Crippen LogP contribution is -2.48. The Labute approximate surface area is 108 Å². The zero-order valence-electron chi connectivity index (χ0n) is 10.9. The van der Waals surface area contributed by atoms with E-state index in [2.05, 4.69) is 5.32 Å². The van der Waals surface area contributed by atoms with E-state index in [1.165, 1.54) is 0 Å². The van der Waals surface area contributed by atoms with Crippen LogP contribution in [-0.2, 0) is 4.79 Å². The van der Waals surface area contributed by atoms with Crippen LogP contribution >= 0.6 is 0 Å². The number of amides is 2. The van der Waals surface area contributed by atoms with Crippen LogP contribution in [0, 0.1) is 5.41 Å². The topological polar surface area (TPSA) is 69.6 Å². The summed E-state index contributed by atoms with van der Waals surface area (Å²) in [6, 6.07) is 0.223. The van der Waals surface area contributed by atoms with Crippen LogP contribution in [-0.4, -0.2) is 41.6 Å². The average molecular weight is 254 g/mol. The molecule has 0 spiro atoms. The highest BCUT2D eigenvalue weighted by Crippen LogP contribution is 2.36. The first kappa shape index (κ1) is 13.2. The molecule has 0 bridgehead atoms. The molecule has 2 aliphatic carbocycles. The van der Waals surface area contributed by atoms with Gasteiger partial charge in [0, 0.05) is 19.6 Å². The molecule has 2 amide bonds. The summed E-state index contributed by atoms with van der Waals surface area (Å²) in [5.41, 5.74) is -0.738. The van der Waals surface area contributed by atoms with Crippen LogP contribution in [0.1, 0.15) is 44.9 Å². The van der Waals surface area contributed by atoms with Crippen LogP contribution < -0.4 is 5.32 Å². The fourth-order valence-corrected chi connectivity index (χ4v) is 2.69. The van der Waals surface area contributed by atoms with Gasteiger partial charge in [-0.2, -0.15) is 0 Å². The number of urea groups is 1. The number of carboxylic acid groups (broad SMARTS) is 1. The Morgan fingerprint density at radius 3 is 2.39 bits per heavy atom. The van der Waals surface area contributed by atoms with Gasteiger partial charge in [-0.25, -0.2) is 4.79 Å². The third-order valence-electron chi connectivity index (χ3n) is 4.26. The maximum atomic E-state index is 11.9. The second-order valence-corrected chi connectivity index (χ2v) is 5.65. The fourth-order valence-electron chi connectivity index (χ4n) is 2.69. The minimum atomic E-state index is -0.767. The van der Waals surface area contributed by atoms with Gasteiger partial charge in [-0.3, -0.25) is 4.79 Å². The first-order valence-electron chi connectivity index (χ1n) is 6.79. The van der Waals surface area contributed by atoms with Crippen molar-refractivity contribution >= 4 is 12.0 Å². The summed E-state index contributed by atoms with van der Waals surface area (Å²) in [4.78, 5) is 25.0. The van der Waals surface area contributed by atoms with Crippen molar-refractivity contribution in [1.82, 2.24) is 10.2 Å². The van der Waals surface area contributed by atoms with Crippen molar-refractivity contribution in [2.75, 3.05) is 13.6 Å². The van der Waals surface area contributed by atoms with E-state index in [0.717, 1.165) is 32.1 Å². The standard InChI is InChI=1S/C13H22N2O3/c1-15(10-5-6-10)12(18)14-9-13(11(16)17)7-3-2-4-8-13/h10H,2-9H2,1H3,(H,14,18)(H,16,17). The van der Waals surface area contributed by atoms with Crippen LogP contribution in [0.3, 0.4) is 0 Å². The molecular weight excluding hydrogens is 232 g/mol. The first-order valence-corrected chi connectivity index (χ1v) is 6.79. The van der Waals surface area contributed by atoms with Crippen molar-refractivity contribution in [3.63, 3.8) is 0 Å². The predicted octanol–water partition coefficient (Wildman–Crippen LogP) is 1.83. The summed E-state index contributed by atoms with van der Waals surface area (Å²) in [5.74, 6) is -0.767. The Bertz CT molecular complexity index is 333. The Kier molecular flexibility index (Phi) is 3.78. The number of hydrogen-bond donors (Lipinski definition) is 2. The molecule has 0 unspecified atom stereocenters. The van der Waals surface area contributed by atoms with Gasteiger partial charge in [0.05, 0.1) is 5.41 Å². The van der Waals surface area contributed by atoms with Gasteiger partial charge in [0.25, 0.3) is 0 Å². The minimum Gasteiger partial charge on any atom is -0.481 e. The smallest absolute Gasteiger partial charge is 0.317 e. The number of hydrogen-bond acceptors (Lipinski definition) is 2. The maximum Gasteiger partial charge on any atom is 0.317 e. The number of carbonyl (C=O) groups excluding carboxylic acids is 1. The van der Waals surface area contributed by atoms with Crippen LogP contribution in [0.15, 0.2) is 0 Å². The number of aliphatic carboxylic acids is 1. The summed E-state index contributed by atoms with van der Waals surface area (Å²) in [7, 11) is 1.78. The molecule has 5 heteroatoms. The van der Waals surface area contributed by atoms with E-state index >= 15 is 0 Å². The molecular formula is C13H22N2O3. The van der Waals surface area contributed by atoms with Crippen LogP contribution in [0.2, 0.25) is 0 Å². The lowest BCUT2D eigenvalue weighted by molar-refractivity contribution is -0.150. The van der Waals surface area contributed by atoms with Gasteiger partial charge < -0.3 is 15.3 Å². The molecule has 18 heavy (non-hydrogen) atoms. The third-order valence-corrected chi connectivity index (χ3v) is 4.26. The number of carbonyl (C=O) groups is 2. The molecule has 0 aromatic heterocycles. The molecule has 0 aromatic rings. The Balaban J connectivity index is 1.89. The number of rotatable bonds is 4. The Morgan fingerprint density at radius 1 is 1.28 bits per heavy atom. The van der Waals surface area contributed by atoms with Gasteiger partial charge in [0.15, 0.2) is 0 Å². The summed E-state index contributed by atoms with van der Waals surface area (Å²) < 4.78 is 0. The van der Waals surface area contributed by atoms with Crippen molar-refractivity contribution in [3.8, 4) is 0 Å². The first-order chi connectivity index (χ1) is 8.55. The summed E-state index contributed by atoms with van der Waals surface area (Å²) in [6.45, 7) is 0.262. The third kappa shape index (κ3) is 2.76. The molecule has 2 aliphatic rings. The van der Waals surface area contributed by atoms with E-state index < -0.39 is 11.4 Å². The Morgan fingerprint density at radius 2 is 1.89 bits per heavy atom. The van der Waals surface area contributed by atoms with E-state index in [1.54, 1.807) is 11.9 Å². The van der Waals surface area contributed by atoms with Gasteiger partial charge in [-0.05, 0) is 25.7 Å². The summed E-state index contributed by atoms with van der Waals surface area (Å²) in [6.07, 6.45) is 6.47. The molecule has 0 aromatic carbocycles. The van der Waals surface area contributed by atoms with Gasteiger partial charge in [0.1, 0.15) is 0 Å². The highest BCUT2D eigenvalue weighted by Gasteiger charge is 2.40. The average Bonchev–Trinajstić information content (AvgIpc) is 3.20. The highest BCUT2D eigenvalue weighted by molar-refractivity contribution is 5.78. The van der Waals surface area contributed by atoms with Crippen LogP contribution in [0.25, 0.3) is 0 Å². The van der Waals surface area contributed by atoms with Crippen molar-refractivity contribution in [1.29, 1.82) is 0 Å². The molecule has 5 nitrogen and oxygen atoms in total. The van der Waals surface area contributed by atoms with Crippen molar-refractivity contribution in [2.24, 2.45) is 5.41 Å². The van der Waals surface area contributed by atoms with Crippen molar-refractivity contribution in [3.05, 3.63) is 0 Å². The lowest BCUT2D eigenvalue weighted by atomic mass is 9.74. The van der Waals surface area contributed by atoms with E-state index in [1.807, 2.05) is 0 Å². The molecule has 2 N–H and O–H groups in total. The molecule has 102 valence electrons. The zero-order chi connectivity index (χ0) is 13.2. The van der Waals surface area contributed by atoms with Crippen LogP contribution in [0.4, 0.5) is 4.79 Å². The van der Waals surface area contributed by atoms with E-state index in [0.29, 0.717) is 18.9 Å². The molecule has 2 saturated carbocycles. The van der Waals surface area contributed by atoms with Gasteiger partial charge in [0.2, 0.25) is 0 Å². The quantitative estimate of drug-likeness (QED) is 0.804. The molecule has 0 saturated heterocycles. The number of carboxylic acids is 1. The SMILES string of the molecule is CN(C(=O)NCC1(C(=O)O)CCCCC1)C1CC1. The van der Waals surface area contributed by atoms with Crippen molar-refractivity contribution in [2.45, 2.75) is 51.0 Å². The molecule has 0 radical (unpaired) electrons. The molecule has 2 fully saturated rings.